The zero-order valence-electron chi connectivity index (χ0n) is 11.3. The van der Waals surface area contributed by atoms with Crippen LogP contribution in [0.25, 0.3) is 0 Å². The maximum atomic E-state index is 11.0. The molecule has 2 rings (SSSR count). The van der Waals surface area contributed by atoms with Crippen LogP contribution in [0.4, 0.5) is 5.69 Å². The molecule has 0 spiro atoms. The van der Waals surface area contributed by atoms with Crippen molar-refractivity contribution in [2.75, 3.05) is 0 Å². The van der Waals surface area contributed by atoms with Gasteiger partial charge in [0.25, 0.3) is 5.69 Å². The highest BCUT2D eigenvalue weighted by molar-refractivity contribution is 6.31. The van der Waals surface area contributed by atoms with E-state index in [9.17, 15) is 15.2 Å². The Morgan fingerprint density at radius 2 is 1.95 bits per heavy atom. The third-order valence-electron chi connectivity index (χ3n) is 3.04. The van der Waals surface area contributed by atoms with Crippen LogP contribution in [0.15, 0.2) is 42.5 Å². The SMILES string of the molecule is C[C@@H](O)c1ccc(OCc2c(Cl)cccc2[N+](=O)[O-])cc1. The average Bonchev–Trinajstić information content (AvgIpc) is 2.46. The third kappa shape index (κ3) is 3.71. The molecule has 0 amide bonds. The van der Waals surface area contributed by atoms with Gasteiger partial charge in [0.15, 0.2) is 0 Å². The number of ether oxygens (including phenoxy) is 1. The minimum Gasteiger partial charge on any atom is -0.489 e. The Hall–Kier alpha value is -2.11. The summed E-state index contributed by atoms with van der Waals surface area (Å²) in [6.45, 7) is 1.67. The first-order valence-electron chi connectivity index (χ1n) is 6.31. The van der Waals surface area contributed by atoms with E-state index in [0.29, 0.717) is 16.3 Å². The molecule has 0 heterocycles. The molecular weight excluding hydrogens is 294 g/mol. The molecule has 0 aliphatic rings. The van der Waals surface area contributed by atoms with Gasteiger partial charge >= 0.3 is 0 Å². The fraction of sp³-hybridized carbons (Fsp3) is 0.200. The number of hydrogen-bond donors (Lipinski definition) is 1. The molecule has 2 aromatic carbocycles. The number of rotatable bonds is 5. The van der Waals surface area contributed by atoms with Crippen LogP contribution in [-0.2, 0) is 6.61 Å². The normalized spacial score (nSPS) is 12.0. The molecule has 0 aliphatic carbocycles. The highest BCUT2D eigenvalue weighted by Crippen LogP contribution is 2.28. The lowest BCUT2D eigenvalue weighted by atomic mass is 10.1. The monoisotopic (exact) mass is 307 g/mol. The van der Waals surface area contributed by atoms with Crippen molar-refractivity contribution < 1.29 is 14.8 Å². The van der Waals surface area contributed by atoms with Crippen LogP contribution in [0, 0.1) is 10.1 Å². The van der Waals surface area contributed by atoms with Gasteiger partial charge < -0.3 is 9.84 Å². The Morgan fingerprint density at radius 3 is 2.52 bits per heavy atom. The number of nitro groups is 1. The minimum atomic E-state index is -0.552. The molecule has 110 valence electrons. The average molecular weight is 308 g/mol. The van der Waals surface area contributed by atoms with Crippen molar-refractivity contribution in [2.45, 2.75) is 19.6 Å². The van der Waals surface area contributed by atoms with E-state index >= 15 is 0 Å². The summed E-state index contributed by atoms with van der Waals surface area (Å²) in [6.07, 6.45) is -0.552. The lowest BCUT2D eigenvalue weighted by molar-refractivity contribution is -0.385. The van der Waals surface area contributed by atoms with Gasteiger partial charge in [-0.3, -0.25) is 10.1 Å². The summed E-state index contributed by atoms with van der Waals surface area (Å²) in [5.41, 5.74) is 1.04. The van der Waals surface area contributed by atoms with Crippen LogP contribution in [-0.4, -0.2) is 10.0 Å². The molecular formula is C15H14ClNO4. The molecule has 1 atom stereocenters. The summed E-state index contributed by atoms with van der Waals surface area (Å²) >= 11 is 5.99. The quantitative estimate of drug-likeness (QED) is 0.672. The van der Waals surface area contributed by atoms with E-state index in [1.807, 2.05) is 0 Å². The van der Waals surface area contributed by atoms with Gasteiger partial charge in [-0.05, 0) is 30.7 Å². The second-order valence-electron chi connectivity index (χ2n) is 4.53. The lowest BCUT2D eigenvalue weighted by Gasteiger charge is -2.10. The Balaban J connectivity index is 2.15. The molecule has 0 bridgehead atoms. The van der Waals surface area contributed by atoms with E-state index in [-0.39, 0.29) is 12.3 Å². The number of nitrogens with zero attached hydrogens (tertiary/aromatic N) is 1. The van der Waals surface area contributed by atoms with Crippen LogP contribution >= 0.6 is 11.6 Å². The topological polar surface area (TPSA) is 72.6 Å². The van der Waals surface area contributed by atoms with Gasteiger partial charge in [0.2, 0.25) is 0 Å². The minimum absolute atomic E-state index is 0.00398. The van der Waals surface area contributed by atoms with Gasteiger partial charge in [-0.15, -0.1) is 0 Å². The maximum Gasteiger partial charge on any atom is 0.277 e. The molecule has 5 nitrogen and oxygen atoms in total. The molecule has 1 N–H and O–H groups in total. The number of benzene rings is 2. The third-order valence-corrected chi connectivity index (χ3v) is 3.39. The van der Waals surface area contributed by atoms with Crippen molar-refractivity contribution in [3.63, 3.8) is 0 Å². The van der Waals surface area contributed by atoms with E-state index in [0.717, 1.165) is 5.56 Å². The second-order valence-corrected chi connectivity index (χ2v) is 4.94. The molecule has 0 unspecified atom stereocenters. The molecule has 0 aromatic heterocycles. The fourth-order valence-corrected chi connectivity index (χ4v) is 2.08. The Morgan fingerprint density at radius 1 is 1.29 bits per heavy atom. The lowest BCUT2D eigenvalue weighted by Crippen LogP contribution is -2.01. The number of nitro benzene ring substituents is 1. The van der Waals surface area contributed by atoms with Crippen LogP contribution < -0.4 is 4.74 Å². The van der Waals surface area contributed by atoms with Crippen LogP contribution in [0.3, 0.4) is 0 Å². The summed E-state index contributed by atoms with van der Waals surface area (Å²) in [5, 5.41) is 20.7. The van der Waals surface area contributed by atoms with Gasteiger partial charge in [-0.1, -0.05) is 29.8 Å². The Kier molecular flexibility index (Phi) is 4.77. The smallest absolute Gasteiger partial charge is 0.277 e. The summed E-state index contributed by atoms with van der Waals surface area (Å²) < 4.78 is 5.53. The first-order valence-corrected chi connectivity index (χ1v) is 6.69. The van der Waals surface area contributed by atoms with Gasteiger partial charge in [0.05, 0.1) is 21.6 Å². The van der Waals surface area contributed by atoms with Crippen molar-refractivity contribution in [1.82, 2.24) is 0 Å². The van der Waals surface area contributed by atoms with Crippen molar-refractivity contribution in [3.05, 3.63) is 68.7 Å². The van der Waals surface area contributed by atoms with Gasteiger partial charge in [0, 0.05) is 6.07 Å². The number of hydrogen-bond acceptors (Lipinski definition) is 4. The molecule has 6 heteroatoms. The zero-order chi connectivity index (χ0) is 15.4. The predicted molar refractivity (Wildman–Crippen MR) is 79.5 cm³/mol. The Bertz CT molecular complexity index is 641. The second kappa shape index (κ2) is 6.56. The highest BCUT2D eigenvalue weighted by Gasteiger charge is 2.17. The van der Waals surface area contributed by atoms with Crippen molar-refractivity contribution in [1.29, 1.82) is 0 Å². The van der Waals surface area contributed by atoms with Gasteiger partial charge in [-0.25, -0.2) is 0 Å². The molecule has 0 saturated heterocycles. The highest BCUT2D eigenvalue weighted by atomic mass is 35.5. The maximum absolute atomic E-state index is 11.0. The molecule has 2 aromatic rings. The number of aliphatic hydroxyl groups is 1. The number of halogens is 1. The van der Waals surface area contributed by atoms with Gasteiger partial charge in [-0.2, -0.15) is 0 Å². The summed E-state index contributed by atoms with van der Waals surface area (Å²) in [6, 6.07) is 11.4. The number of aliphatic hydroxyl groups excluding tert-OH is 1. The summed E-state index contributed by atoms with van der Waals surface area (Å²) in [5.74, 6) is 0.550. The molecule has 0 radical (unpaired) electrons. The predicted octanol–water partition coefficient (Wildman–Crippen LogP) is 3.88. The van der Waals surface area contributed by atoms with Gasteiger partial charge in [0.1, 0.15) is 12.4 Å². The standard InChI is InChI=1S/C15H14ClNO4/c1-10(18)11-5-7-12(8-6-11)21-9-13-14(16)3-2-4-15(13)17(19)20/h2-8,10,18H,9H2,1H3/t10-/m1/s1. The fourth-order valence-electron chi connectivity index (χ4n) is 1.86. The van der Waals surface area contributed by atoms with Crippen molar-refractivity contribution in [3.8, 4) is 5.75 Å². The first kappa shape index (κ1) is 15.3. The van der Waals surface area contributed by atoms with Crippen LogP contribution in [0.1, 0.15) is 24.2 Å². The summed E-state index contributed by atoms with van der Waals surface area (Å²) in [4.78, 5) is 10.5. The molecule has 0 fully saturated rings. The van der Waals surface area contributed by atoms with E-state index in [2.05, 4.69) is 0 Å². The van der Waals surface area contributed by atoms with Crippen LogP contribution in [0.2, 0.25) is 5.02 Å². The largest absolute Gasteiger partial charge is 0.489 e. The molecule has 0 aliphatic heterocycles. The Labute approximate surface area is 126 Å². The van der Waals surface area contributed by atoms with E-state index in [4.69, 9.17) is 16.3 Å². The van der Waals surface area contributed by atoms with Crippen molar-refractivity contribution in [2.24, 2.45) is 0 Å². The van der Waals surface area contributed by atoms with Crippen molar-refractivity contribution >= 4 is 17.3 Å². The zero-order valence-corrected chi connectivity index (χ0v) is 12.1. The summed E-state index contributed by atoms with van der Waals surface area (Å²) in [7, 11) is 0. The van der Waals surface area contributed by atoms with E-state index < -0.39 is 11.0 Å². The van der Waals surface area contributed by atoms with E-state index in [1.165, 1.54) is 12.1 Å². The van der Waals surface area contributed by atoms with E-state index in [1.54, 1.807) is 37.3 Å². The van der Waals surface area contributed by atoms with Crippen LogP contribution in [0.5, 0.6) is 5.75 Å². The molecule has 0 saturated carbocycles. The first-order chi connectivity index (χ1) is 9.99. The molecule has 21 heavy (non-hydrogen) atoms.